The van der Waals surface area contributed by atoms with Crippen molar-refractivity contribution in [1.82, 2.24) is 9.80 Å². The smallest absolute Gasteiger partial charge is 0.321 e. The average Bonchev–Trinajstić information content (AvgIpc) is 3.10. The summed E-state index contributed by atoms with van der Waals surface area (Å²) >= 11 is 0. The van der Waals surface area contributed by atoms with E-state index in [4.69, 9.17) is 0 Å². The topological polar surface area (TPSA) is 112 Å². The van der Waals surface area contributed by atoms with Crippen LogP contribution < -0.4 is 0 Å². The van der Waals surface area contributed by atoms with E-state index in [2.05, 4.69) is 12.1 Å². The van der Waals surface area contributed by atoms with Crippen LogP contribution in [0.2, 0.25) is 0 Å². The van der Waals surface area contributed by atoms with Crippen molar-refractivity contribution < 1.29 is 15.0 Å². The first-order chi connectivity index (χ1) is 20.5. The van der Waals surface area contributed by atoms with Crippen molar-refractivity contribution in [2.24, 2.45) is 0 Å². The third kappa shape index (κ3) is 6.50. The van der Waals surface area contributed by atoms with Crippen LogP contribution in [0, 0.1) is 22.7 Å². The first kappa shape index (κ1) is 28.6. The Bertz CT molecular complexity index is 1440. The van der Waals surface area contributed by atoms with E-state index in [9.17, 15) is 25.5 Å². The lowest BCUT2D eigenvalue weighted by Crippen LogP contribution is -2.50. The molecule has 1 fully saturated rings. The minimum atomic E-state index is -1.23. The number of benzene rings is 4. The second kappa shape index (κ2) is 13.1. The van der Waals surface area contributed by atoms with Crippen LogP contribution in [0.25, 0.3) is 0 Å². The first-order valence-corrected chi connectivity index (χ1v) is 14.0. The summed E-state index contributed by atoms with van der Waals surface area (Å²) in [5.74, 6) is 0. The zero-order valence-corrected chi connectivity index (χ0v) is 23.1. The Labute approximate surface area is 246 Å². The van der Waals surface area contributed by atoms with E-state index in [1.165, 1.54) is 0 Å². The molecule has 0 aromatic heterocycles. The van der Waals surface area contributed by atoms with Crippen molar-refractivity contribution in [2.75, 3.05) is 0 Å². The summed E-state index contributed by atoms with van der Waals surface area (Å²) in [6.45, 7) is 0.376. The van der Waals surface area contributed by atoms with Crippen molar-refractivity contribution in [3.63, 3.8) is 0 Å². The second-order valence-electron chi connectivity index (χ2n) is 10.7. The Morgan fingerprint density at radius 1 is 0.548 bits per heavy atom. The molecule has 2 amide bonds. The van der Waals surface area contributed by atoms with E-state index in [1.54, 1.807) is 34.1 Å². The number of nitriles is 2. The van der Waals surface area contributed by atoms with Gasteiger partial charge in [-0.2, -0.15) is 10.5 Å². The van der Waals surface area contributed by atoms with Gasteiger partial charge in [0, 0.05) is 13.1 Å². The van der Waals surface area contributed by atoms with Gasteiger partial charge in [0.15, 0.2) is 0 Å². The van der Waals surface area contributed by atoms with Crippen LogP contribution in [0.15, 0.2) is 109 Å². The summed E-state index contributed by atoms with van der Waals surface area (Å²) < 4.78 is 0. The molecule has 1 aliphatic heterocycles. The Kier molecular flexibility index (Phi) is 8.94. The molecular weight excluding hydrogens is 524 g/mol. The van der Waals surface area contributed by atoms with Crippen LogP contribution in [0.3, 0.4) is 0 Å². The summed E-state index contributed by atoms with van der Waals surface area (Å²) in [7, 11) is 0. The zero-order valence-electron chi connectivity index (χ0n) is 23.1. The van der Waals surface area contributed by atoms with E-state index in [0.717, 1.165) is 22.3 Å². The van der Waals surface area contributed by atoms with Crippen LogP contribution >= 0.6 is 0 Å². The van der Waals surface area contributed by atoms with Crippen molar-refractivity contribution in [3.05, 3.63) is 143 Å². The molecule has 7 nitrogen and oxygen atoms in total. The summed E-state index contributed by atoms with van der Waals surface area (Å²) in [6.07, 6.45) is -1.76. The van der Waals surface area contributed by atoms with Gasteiger partial charge in [-0.25, -0.2) is 4.79 Å². The number of aliphatic hydroxyl groups excluding tert-OH is 2. The van der Waals surface area contributed by atoms with Crippen LogP contribution in [0.4, 0.5) is 4.79 Å². The van der Waals surface area contributed by atoms with Gasteiger partial charge in [-0.15, -0.1) is 0 Å². The van der Waals surface area contributed by atoms with E-state index < -0.39 is 24.3 Å². The molecule has 4 aromatic carbocycles. The normalized spacial score (nSPS) is 20.4. The third-order valence-electron chi connectivity index (χ3n) is 7.88. The van der Waals surface area contributed by atoms with E-state index in [0.29, 0.717) is 24.0 Å². The molecule has 4 atom stereocenters. The fourth-order valence-electron chi connectivity index (χ4n) is 5.58. The molecular formula is C35H32N4O3. The average molecular weight is 557 g/mol. The number of hydrogen-bond donors (Lipinski definition) is 2. The minimum Gasteiger partial charge on any atom is -0.388 e. The molecule has 0 bridgehead atoms. The molecule has 1 heterocycles. The number of hydrogen-bond acceptors (Lipinski definition) is 5. The highest BCUT2D eigenvalue weighted by Crippen LogP contribution is 2.30. The van der Waals surface area contributed by atoms with Gasteiger partial charge in [-0.1, -0.05) is 84.9 Å². The monoisotopic (exact) mass is 556 g/mol. The first-order valence-electron chi connectivity index (χ1n) is 14.0. The number of amides is 2. The van der Waals surface area contributed by atoms with Gasteiger partial charge < -0.3 is 20.0 Å². The number of urea groups is 1. The van der Waals surface area contributed by atoms with E-state index in [1.807, 2.05) is 84.9 Å². The Balaban J connectivity index is 1.58. The number of carbonyl (C=O) groups excluding carboxylic acids is 1. The van der Waals surface area contributed by atoms with Gasteiger partial charge >= 0.3 is 6.03 Å². The van der Waals surface area contributed by atoms with Crippen LogP contribution in [0.5, 0.6) is 0 Å². The fraction of sp³-hybridized carbons (Fsp3) is 0.229. The minimum absolute atomic E-state index is 0.188. The SMILES string of the molecule is N#Cc1ccc(CN2C(=O)N(Cc3ccc(C#N)cc3)[C@H](Cc3ccccc3)[C@H](O)[C@@H](O)[C@H]2Cc2ccccc2)cc1. The fourth-order valence-corrected chi connectivity index (χ4v) is 5.58. The van der Waals surface area contributed by atoms with Crippen molar-refractivity contribution in [2.45, 2.75) is 50.2 Å². The largest absolute Gasteiger partial charge is 0.388 e. The van der Waals surface area contributed by atoms with Gasteiger partial charge in [0.1, 0.15) is 12.2 Å². The molecule has 1 saturated heterocycles. The highest BCUT2D eigenvalue weighted by molar-refractivity contribution is 5.76. The summed E-state index contributed by atoms with van der Waals surface area (Å²) in [6, 6.07) is 35.9. The number of nitrogens with zero attached hydrogens (tertiary/aromatic N) is 4. The summed E-state index contributed by atoms with van der Waals surface area (Å²) in [5, 5.41) is 42.1. The molecule has 0 saturated carbocycles. The Hall–Kier alpha value is -4.95. The van der Waals surface area contributed by atoms with E-state index >= 15 is 0 Å². The number of carbonyl (C=O) groups is 1. The highest BCUT2D eigenvalue weighted by Gasteiger charge is 2.46. The predicted molar refractivity (Wildman–Crippen MR) is 159 cm³/mol. The molecule has 0 unspecified atom stereocenters. The number of rotatable bonds is 8. The van der Waals surface area contributed by atoms with Crippen molar-refractivity contribution in [1.29, 1.82) is 10.5 Å². The van der Waals surface area contributed by atoms with Gasteiger partial charge in [0.2, 0.25) is 0 Å². The molecule has 2 N–H and O–H groups in total. The standard InChI is InChI=1S/C35H32N4O3/c36-21-27-11-15-29(16-12-27)23-38-31(19-25-7-3-1-4-8-25)33(40)34(41)32(20-26-9-5-2-6-10-26)39(35(38)42)24-30-17-13-28(22-37)14-18-30/h1-18,31-34,40-41H,19-20,23-24H2/t31-,32-,33+,34+/m1/s1. The lowest BCUT2D eigenvalue weighted by atomic mass is 9.91. The predicted octanol–water partition coefficient (Wildman–Crippen LogP) is 4.81. The Morgan fingerprint density at radius 3 is 1.24 bits per heavy atom. The number of aliphatic hydroxyl groups is 2. The molecule has 210 valence electrons. The molecule has 42 heavy (non-hydrogen) atoms. The van der Waals surface area contributed by atoms with E-state index in [-0.39, 0.29) is 19.1 Å². The van der Waals surface area contributed by atoms with Crippen LogP contribution in [0.1, 0.15) is 33.4 Å². The van der Waals surface area contributed by atoms with Gasteiger partial charge in [-0.3, -0.25) is 0 Å². The second-order valence-corrected chi connectivity index (χ2v) is 10.7. The van der Waals surface area contributed by atoms with Crippen molar-refractivity contribution in [3.8, 4) is 12.1 Å². The van der Waals surface area contributed by atoms with Crippen LogP contribution in [-0.2, 0) is 25.9 Å². The molecule has 0 radical (unpaired) electrons. The Morgan fingerprint density at radius 2 is 0.905 bits per heavy atom. The summed E-state index contributed by atoms with van der Waals surface area (Å²) in [5.41, 5.74) is 4.52. The highest BCUT2D eigenvalue weighted by atomic mass is 16.3. The lowest BCUT2D eigenvalue weighted by Gasteiger charge is -2.36. The van der Waals surface area contributed by atoms with Gasteiger partial charge in [-0.05, 0) is 59.4 Å². The maximum atomic E-state index is 14.6. The third-order valence-corrected chi connectivity index (χ3v) is 7.88. The van der Waals surface area contributed by atoms with Gasteiger partial charge in [0.05, 0.1) is 35.3 Å². The molecule has 4 aromatic rings. The quantitative estimate of drug-likeness (QED) is 0.324. The molecule has 0 aliphatic carbocycles. The summed E-state index contributed by atoms with van der Waals surface area (Å²) in [4.78, 5) is 17.9. The molecule has 5 rings (SSSR count). The zero-order chi connectivity index (χ0) is 29.5. The van der Waals surface area contributed by atoms with Gasteiger partial charge in [0.25, 0.3) is 0 Å². The molecule has 1 aliphatic rings. The maximum absolute atomic E-state index is 14.6. The molecule has 0 spiro atoms. The maximum Gasteiger partial charge on any atom is 0.321 e. The van der Waals surface area contributed by atoms with Crippen LogP contribution in [-0.4, -0.2) is 50.3 Å². The lowest BCUT2D eigenvalue weighted by molar-refractivity contribution is -0.0408. The van der Waals surface area contributed by atoms with Crippen molar-refractivity contribution >= 4 is 6.03 Å². The molecule has 7 heteroatoms.